The number of aromatic nitrogens is 3. The Morgan fingerprint density at radius 2 is 1.70 bits per heavy atom. The third-order valence-electron chi connectivity index (χ3n) is 8.06. The van der Waals surface area contributed by atoms with E-state index in [1.54, 1.807) is 60.8 Å². The number of nitrogens with zero attached hydrogens (tertiary/aromatic N) is 4. The van der Waals surface area contributed by atoms with E-state index >= 15 is 0 Å². The third-order valence-corrected chi connectivity index (χ3v) is 10.4. The molecule has 8 nitrogen and oxygen atoms in total. The Hall–Kier alpha value is -3.99. The predicted octanol–water partition coefficient (Wildman–Crippen LogP) is 6.77. The summed E-state index contributed by atoms with van der Waals surface area (Å²) in [5, 5.41) is 5.45. The summed E-state index contributed by atoms with van der Waals surface area (Å²) < 4.78 is 51.4. The minimum atomic E-state index is -3.68. The minimum absolute atomic E-state index is 0.0177. The molecule has 1 aliphatic rings. The third kappa shape index (κ3) is 5.31. The summed E-state index contributed by atoms with van der Waals surface area (Å²) in [6, 6.07) is 19.6. The van der Waals surface area contributed by atoms with E-state index in [4.69, 9.17) is 21.4 Å². The molecule has 228 valence electrons. The van der Waals surface area contributed by atoms with Crippen molar-refractivity contribution >= 4 is 33.1 Å². The van der Waals surface area contributed by atoms with Crippen molar-refractivity contribution in [1.82, 2.24) is 18.5 Å². The van der Waals surface area contributed by atoms with E-state index in [-0.39, 0.29) is 23.0 Å². The summed E-state index contributed by atoms with van der Waals surface area (Å²) in [4.78, 5) is 14.5. The summed E-state index contributed by atoms with van der Waals surface area (Å²) in [7, 11) is -3.68. The van der Waals surface area contributed by atoms with Gasteiger partial charge in [0.1, 0.15) is 17.9 Å². The van der Waals surface area contributed by atoms with E-state index in [1.165, 1.54) is 22.5 Å². The van der Waals surface area contributed by atoms with Crippen molar-refractivity contribution in [2.45, 2.75) is 51.2 Å². The molecular formula is C33H32ClFN4O4S. The summed E-state index contributed by atoms with van der Waals surface area (Å²) >= 11 is 6.22. The topological polar surface area (TPSA) is 85.9 Å². The van der Waals surface area contributed by atoms with Crippen LogP contribution in [0.5, 0.6) is 5.75 Å². The smallest absolute Gasteiger partial charge is 0.243 e. The highest BCUT2D eigenvalue weighted by Crippen LogP contribution is 2.38. The second-order valence-corrected chi connectivity index (χ2v) is 13.0. The standard InChI is InChI=1S/C33H32ClFN4O4S/c1-3-37(4-2)44(41,42)25-18-14-23(15-19-25)32(40)31-30(22-12-16-24(34)17-13-22)26-9-7-8-20-38-29(36-39(31)33(26)38)21-43-28-11-6-5-10-27(28)35/h5-6,10-19H,3-4,7-9,20-21H2,1-2H3. The van der Waals surface area contributed by atoms with Crippen molar-refractivity contribution in [2.24, 2.45) is 0 Å². The van der Waals surface area contributed by atoms with Crippen molar-refractivity contribution in [2.75, 3.05) is 13.1 Å². The monoisotopic (exact) mass is 634 g/mol. The molecule has 1 aliphatic heterocycles. The highest BCUT2D eigenvalue weighted by molar-refractivity contribution is 7.89. The molecule has 0 unspecified atom stereocenters. The number of carbonyl (C=O) groups excluding carboxylic acids is 1. The number of hydrogen-bond donors (Lipinski definition) is 0. The minimum Gasteiger partial charge on any atom is -0.483 e. The van der Waals surface area contributed by atoms with Crippen LogP contribution in [0.3, 0.4) is 0 Å². The average molecular weight is 635 g/mol. The summed E-state index contributed by atoms with van der Waals surface area (Å²) in [5.41, 5.74) is 4.08. The van der Waals surface area contributed by atoms with Gasteiger partial charge in [-0.15, -0.1) is 5.10 Å². The zero-order valence-electron chi connectivity index (χ0n) is 24.5. The van der Waals surface area contributed by atoms with Crippen LogP contribution >= 0.6 is 11.6 Å². The van der Waals surface area contributed by atoms with Crippen molar-refractivity contribution in [3.05, 3.63) is 106 Å². The molecule has 0 radical (unpaired) electrons. The lowest BCUT2D eigenvalue weighted by Gasteiger charge is -2.18. The van der Waals surface area contributed by atoms with Gasteiger partial charge in [0.05, 0.1) is 4.90 Å². The highest BCUT2D eigenvalue weighted by Gasteiger charge is 2.31. The maximum Gasteiger partial charge on any atom is 0.243 e. The van der Waals surface area contributed by atoms with Gasteiger partial charge in [0.2, 0.25) is 15.8 Å². The van der Waals surface area contributed by atoms with Crippen molar-refractivity contribution in [3.8, 4) is 16.9 Å². The molecule has 0 atom stereocenters. The molecule has 44 heavy (non-hydrogen) atoms. The predicted molar refractivity (Wildman–Crippen MR) is 167 cm³/mol. The first-order valence-electron chi connectivity index (χ1n) is 14.7. The van der Waals surface area contributed by atoms with Gasteiger partial charge >= 0.3 is 0 Å². The molecule has 6 rings (SSSR count). The molecular weight excluding hydrogens is 603 g/mol. The van der Waals surface area contributed by atoms with Crippen LogP contribution < -0.4 is 4.74 Å². The van der Waals surface area contributed by atoms with Gasteiger partial charge in [-0.25, -0.2) is 17.3 Å². The Morgan fingerprint density at radius 1 is 1.00 bits per heavy atom. The number of ether oxygens (including phenoxy) is 1. The molecule has 0 saturated carbocycles. The van der Waals surface area contributed by atoms with Crippen molar-refractivity contribution in [3.63, 3.8) is 0 Å². The zero-order valence-corrected chi connectivity index (χ0v) is 26.0. The van der Waals surface area contributed by atoms with Gasteiger partial charge in [0, 0.05) is 41.3 Å². The first kappa shape index (κ1) is 30.1. The SMILES string of the molecule is CCN(CC)S(=O)(=O)c1ccc(C(=O)c2c(-c3ccc(Cl)cc3)c3c4n(c(COc5ccccc5F)nn24)CCCC3)cc1. The Bertz CT molecular complexity index is 1950. The second kappa shape index (κ2) is 12.2. The maximum absolute atomic E-state index is 14.4. The van der Waals surface area contributed by atoms with E-state index in [1.807, 2.05) is 12.1 Å². The lowest BCUT2D eigenvalue weighted by Crippen LogP contribution is -2.30. The van der Waals surface area contributed by atoms with Crippen LogP contribution in [0.25, 0.3) is 16.8 Å². The van der Waals surface area contributed by atoms with Crippen LogP contribution in [0.4, 0.5) is 4.39 Å². The van der Waals surface area contributed by atoms with Crippen LogP contribution in [0.15, 0.2) is 77.7 Å². The van der Waals surface area contributed by atoms with E-state index in [0.717, 1.165) is 41.6 Å². The quantitative estimate of drug-likeness (QED) is 0.158. The Morgan fingerprint density at radius 3 is 2.39 bits per heavy atom. The van der Waals surface area contributed by atoms with Crippen LogP contribution in [0.2, 0.25) is 5.02 Å². The normalized spacial score (nSPS) is 13.4. The van der Waals surface area contributed by atoms with E-state index in [0.29, 0.717) is 41.7 Å². The Balaban J connectivity index is 1.49. The molecule has 5 aromatic rings. The maximum atomic E-state index is 14.4. The number of halogens is 2. The number of para-hydroxylation sites is 1. The van der Waals surface area contributed by atoms with Gasteiger partial charge < -0.3 is 9.30 Å². The molecule has 0 amide bonds. The lowest BCUT2D eigenvalue weighted by molar-refractivity contribution is 0.103. The molecule has 11 heteroatoms. The van der Waals surface area contributed by atoms with Crippen LogP contribution in [0, 0.1) is 5.82 Å². The first-order chi connectivity index (χ1) is 21.2. The van der Waals surface area contributed by atoms with Crippen molar-refractivity contribution in [1.29, 1.82) is 0 Å². The average Bonchev–Trinajstić information content (AvgIpc) is 3.43. The highest BCUT2D eigenvalue weighted by atomic mass is 35.5. The fourth-order valence-corrected chi connectivity index (χ4v) is 7.46. The van der Waals surface area contributed by atoms with Crippen LogP contribution in [-0.2, 0) is 29.6 Å². The largest absolute Gasteiger partial charge is 0.483 e. The molecule has 3 aromatic carbocycles. The van der Waals surface area contributed by atoms with Gasteiger partial charge in [0.15, 0.2) is 17.4 Å². The van der Waals surface area contributed by atoms with E-state index in [2.05, 4.69) is 4.57 Å². The van der Waals surface area contributed by atoms with Gasteiger partial charge in [-0.05, 0) is 73.4 Å². The Labute approximate surface area is 260 Å². The van der Waals surface area contributed by atoms with Gasteiger partial charge in [-0.1, -0.05) is 49.7 Å². The number of sulfonamides is 1. The fraction of sp³-hybridized carbons (Fsp3) is 0.273. The number of ketones is 1. The first-order valence-corrected chi connectivity index (χ1v) is 16.5. The van der Waals surface area contributed by atoms with Crippen LogP contribution in [-0.4, -0.2) is 45.8 Å². The molecule has 0 saturated heterocycles. The molecule has 0 aliphatic carbocycles. The van der Waals surface area contributed by atoms with Gasteiger partial charge in [-0.3, -0.25) is 4.79 Å². The molecule has 0 bridgehead atoms. The molecule has 3 heterocycles. The van der Waals surface area contributed by atoms with Crippen LogP contribution in [0.1, 0.15) is 54.1 Å². The number of aryl methyl sites for hydroxylation is 2. The number of carbonyl (C=O) groups is 1. The summed E-state index contributed by atoms with van der Waals surface area (Å²) in [5.74, 6) is -0.0621. The summed E-state index contributed by atoms with van der Waals surface area (Å²) in [6.45, 7) is 4.96. The van der Waals surface area contributed by atoms with E-state index < -0.39 is 15.8 Å². The fourth-order valence-electron chi connectivity index (χ4n) is 5.88. The lowest BCUT2D eigenvalue weighted by atomic mass is 9.95. The number of hydrogen-bond acceptors (Lipinski definition) is 5. The van der Waals surface area contributed by atoms with Gasteiger partial charge in [0.25, 0.3) is 0 Å². The van der Waals surface area contributed by atoms with Gasteiger partial charge in [-0.2, -0.15) is 4.31 Å². The zero-order chi connectivity index (χ0) is 31.0. The molecule has 0 N–H and O–H groups in total. The number of rotatable bonds is 10. The molecule has 0 fully saturated rings. The number of benzene rings is 3. The van der Waals surface area contributed by atoms with Crippen molar-refractivity contribution < 1.29 is 22.3 Å². The second-order valence-electron chi connectivity index (χ2n) is 10.6. The summed E-state index contributed by atoms with van der Waals surface area (Å²) in [6.07, 6.45) is 2.54. The molecule has 2 aromatic heterocycles. The molecule has 0 spiro atoms. The Kier molecular flexibility index (Phi) is 8.32. The van der Waals surface area contributed by atoms with E-state index in [9.17, 15) is 17.6 Å².